The van der Waals surface area contributed by atoms with Crippen LogP contribution < -0.4 is 16.0 Å². The van der Waals surface area contributed by atoms with Crippen molar-refractivity contribution in [3.8, 4) is 11.1 Å². The Morgan fingerprint density at radius 2 is 1.87 bits per heavy atom. The molecule has 5 rings (SSSR count). The van der Waals surface area contributed by atoms with E-state index in [0.29, 0.717) is 6.04 Å². The number of pyridine rings is 2. The number of morpholine rings is 1. The number of aromatic nitrogens is 4. The van der Waals surface area contributed by atoms with Crippen molar-refractivity contribution >= 4 is 23.2 Å². The van der Waals surface area contributed by atoms with Crippen molar-refractivity contribution in [1.82, 2.24) is 19.6 Å². The van der Waals surface area contributed by atoms with Crippen LogP contribution in [0.4, 0.5) is 17.6 Å². The number of anilines is 3. The molecule has 9 heteroatoms. The van der Waals surface area contributed by atoms with Crippen LogP contribution in [0.25, 0.3) is 16.8 Å². The second-order valence-corrected chi connectivity index (χ2v) is 7.83. The molecule has 0 unspecified atom stereocenters. The summed E-state index contributed by atoms with van der Waals surface area (Å²) in [5, 5.41) is 8.00. The highest BCUT2D eigenvalue weighted by molar-refractivity contribution is 5.80. The van der Waals surface area contributed by atoms with Crippen LogP contribution >= 0.6 is 0 Å². The van der Waals surface area contributed by atoms with Crippen molar-refractivity contribution in [2.45, 2.75) is 25.8 Å². The summed E-state index contributed by atoms with van der Waals surface area (Å²) in [6.45, 7) is 6.86. The zero-order chi connectivity index (χ0) is 20.5. The van der Waals surface area contributed by atoms with Crippen LogP contribution in [-0.4, -0.2) is 65.1 Å². The molecule has 5 heterocycles. The number of nitrogens with one attached hydrogen (secondary N) is 1. The molecule has 0 aliphatic carbocycles. The van der Waals surface area contributed by atoms with E-state index in [2.05, 4.69) is 39.4 Å². The fraction of sp³-hybridized carbons (Fsp3) is 0.476. The summed E-state index contributed by atoms with van der Waals surface area (Å²) in [4.78, 5) is 11.5. The van der Waals surface area contributed by atoms with E-state index in [0.717, 1.165) is 86.3 Å². The van der Waals surface area contributed by atoms with Gasteiger partial charge in [-0.05, 0) is 43.5 Å². The Bertz CT molecular complexity index is 1040. The first-order valence-corrected chi connectivity index (χ1v) is 10.5. The quantitative estimate of drug-likeness (QED) is 0.675. The predicted molar refractivity (Wildman–Crippen MR) is 116 cm³/mol. The second kappa shape index (κ2) is 8.08. The highest BCUT2D eigenvalue weighted by Gasteiger charge is 2.19. The zero-order valence-corrected chi connectivity index (χ0v) is 17.2. The molecule has 0 saturated carbocycles. The Labute approximate surface area is 175 Å². The smallest absolute Gasteiger partial charge is 0.240 e. The van der Waals surface area contributed by atoms with Gasteiger partial charge in [-0.15, -0.1) is 5.10 Å². The van der Waals surface area contributed by atoms with Gasteiger partial charge in [0.05, 0.1) is 13.2 Å². The van der Waals surface area contributed by atoms with Crippen molar-refractivity contribution in [3.63, 3.8) is 0 Å². The molecule has 0 amide bonds. The van der Waals surface area contributed by atoms with Crippen molar-refractivity contribution in [3.05, 3.63) is 30.0 Å². The van der Waals surface area contributed by atoms with E-state index in [1.165, 1.54) is 0 Å². The van der Waals surface area contributed by atoms with Crippen molar-refractivity contribution in [2.24, 2.45) is 0 Å². The summed E-state index contributed by atoms with van der Waals surface area (Å²) in [6, 6.07) is 6.62. The molecule has 3 aromatic heterocycles. The minimum absolute atomic E-state index is 0.257. The first-order chi connectivity index (χ1) is 14.7. The minimum Gasteiger partial charge on any atom is -0.381 e. The van der Waals surface area contributed by atoms with Gasteiger partial charge in [-0.1, -0.05) is 0 Å². The number of nitrogens with two attached hydrogens (primary N) is 1. The lowest BCUT2D eigenvalue weighted by Crippen LogP contribution is -2.37. The van der Waals surface area contributed by atoms with Crippen molar-refractivity contribution < 1.29 is 9.47 Å². The highest BCUT2D eigenvalue weighted by atomic mass is 16.5. The third kappa shape index (κ3) is 3.66. The average molecular weight is 409 g/mol. The fourth-order valence-corrected chi connectivity index (χ4v) is 4.18. The van der Waals surface area contributed by atoms with E-state index < -0.39 is 0 Å². The van der Waals surface area contributed by atoms with Crippen LogP contribution in [0.3, 0.4) is 0 Å². The van der Waals surface area contributed by atoms with E-state index in [1.807, 2.05) is 12.3 Å². The zero-order valence-electron chi connectivity index (χ0n) is 17.2. The molecule has 0 atom stereocenters. The molecule has 2 aliphatic heterocycles. The van der Waals surface area contributed by atoms with E-state index in [-0.39, 0.29) is 5.95 Å². The largest absolute Gasteiger partial charge is 0.381 e. The number of fused-ring (bicyclic) bond motifs is 1. The van der Waals surface area contributed by atoms with Gasteiger partial charge in [-0.2, -0.15) is 9.50 Å². The Morgan fingerprint density at radius 3 is 2.63 bits per heavy atom. The Balaban J connectivity index is 1.48. The Kier molecular flexibility index (Phi) is 5.14. The summed E-state index contributed by atoms with van der Waals surface area (Å²) in [7, 11) is 0. The van der Waals surface area contributed by atoms with Gasteiger partial charge in [0.1, 0.15) is 11.6 Å². The number of nitrogens with zero attached hydrogens (tertiary/aromatic N) is 5. The maximum Gasteiger partial charge on any atom is 0.240 e. The SMILES string of the molecule is Cc1cc(-c2ccc(NC3CCOCC3)n3nc(N)nc23)cnc1N1CCOCC1. The molecule has 0 radical (unpaired) electrons. The van der Waals surface area contributed by atoms with Crippen LogP contribution in [0.15, 0.2) is 24.4 Å². The van der Waals surface area contributed by atoms with Gasteiger partial charge in [0.2, 0.25) is 5.95 Å². The van der Waals surface area contributed by atoms with Gasteiger partial charge in [-0.25, -0.2) is 4.98 Å². The highest BCUT2D eigenvalue weighted by Crippen LogP contribution is 2.30. The maximum absolute atomic E-state index is 5.97. The van der Waals surface area contributed by atoms with Gasteiger partial charge in [0, 0.05) is 49.7 Å². The topological polar surface area (TPSA) is 103 Å². The van der Waals surface area contributed by atoms with Crippen LogP contribution in [-0.2, 0) is 9.47 Å². The summed E-state index contributed by atoms with van der Waals surface area (Å²) in [6.07, 6.45) is 3.85. The molecule has 9 nitrogen and oxygen atoms in total. The first-order valence-electron chi connectivity index (χ1n) is 10.5. The van der Waals surface area contributed by atoms with Crippen LogP contribution in [0, 0.1) is 6.92 Å². The summed E-state index contributed by atoms with van der Waals surface area (Å²) >= 11 is 0. The third-order valence-corrected chi connectivity index (χ3v) is 5.75. The Morgan fingerprint density at radius 1 is 1.10 bits per heavy atom. The van der Waals surface area contributed by atoms with E-state index >= 15 is 0 Å². The molecule has 30 heavy (non-hydrogen) atoms. The monoisotopic (exact) mass is 409 g/mol. The molecule has 3 N–H and O–H groups in total. The number of aryl methyl sites for hydroxylation is 1. The first kappa shape index (κ1) is 19.1. The number of ether oxygens (including phenoxy) is 2. The molecular formula is C21H27N7O2. The molecule has 2 saturated heterocycles. The molecule has 0 bridgehead atoms. The van der Waals surface area contributed by atoms with Crippen LogP contribution in [0.5, 0.6) is 0 Å². The van der Waals surface area contributed by atoms with E-state index in [4.69, 9.17) is 20.2 Å². The lowest BCUT2D eigenvalue weighted by molar-refractivity contribution is 0.0903. The molecule has 158 valence electrons. The van der Waals surface area contributed by atoms with Crippen LogP contribution in [0.1, 0.15) is 18.4 Å². The molecule has 2 aliphatic rings. The maximum atomic E-state index is 5.97. The van der Waals surface area contributed by atoms with Gasteiger partial charge in [-0.3, -0.25) is 0 Å². The van der Waals surface area contributed by atoms with Crippen molar-refractivity contribution in [1.29, 1.82) is 0 Å². The van der Waals surface area contributed by atoms with Crippen molar-refractivity contribution in [2.75, 3.05) is 55.5 Å². The van der Waals surface area contributed by atoms with Gasteiger partial charge in [0.25, 0.3) is 0 Å². The predicted octanol–water partition coefficient (Wildman–Crippen LogP) is 2.11. The third-order valence-electron chi connectivity index (χ3n) is 5.75. The molecule has 2 fully saturated rings. The normalized spacial score (nSPS) is 18.1. The lowest BCUT2D eigenvalue weighted by Gasteiger charge is -2.29. The standard InChI is InChI=1S/C21H27N7O2/c1-14-12-15(13-23-19(14)27-6-10-30-11-7-27)17-2-3-18(24-16-4-8-29-9-5-16)28-20(17)25-21(22)26-28/h2-3,12-13,16,24H,4-11H2,1H3,(H2,22,26). The number of hydrogen-bond acceptors (Lipinski definition) is 8. The second-order valence-electron chi connectivity index (χ2n) is 7.83. The average Bonchev–Trinajstić information content (AvgIpc) is 3.17. The number of rotatable bonds is 4. The molecule has 3 aromatic rings. The molecular weight excluding hydrogens is 382 g/mol. The Hall–Kier alpha value is -2.91. The molecule has 0 aromatic carbocycles. The van der Waals surface area contributed by atoms with Gasteiger partial charge < -0.3 is 25.4 Å². The summed E-state index contributed by atoms with van der Waals surface area (Å²) in [5.41, 5.74) is 9.78. The number of nitrogen functional groups attached to an aromatic ring is 1. The van der Waals surface area contributed by atoms with E-state index in [1.54, 1.807) is 4.52 Å². The van der Waals surface area contributed by atoms with Crippen LogP contribution in [0.2, 0.25) is 0 Å². The minimum atomic E-state index is 0.257. The fourth-order valence-electron chi connectivity index (χ4n) is 4.18. The van der Waals surface area contributed by atoms with Gasteiger partial charge in [0.15, 0.2) is 5.65 Å². The summed E-state index contributed by atoms with van der Waals surface area (Å²) in [5.74, 6) is 2.16. The summed E-state index contributed by atoms with van der Waals surface area (Å²) < 4.78 is 12.7. The van der Waals surface area contributed by atoms with E-state index in [9.17, 15) is 0 Å². The number of hydrogen-bond donors (Lipinski definition) is 2. The lowest BCUT2D eigenvalue weighted by atomic mass is 10.1. The van der Waals surface area contributed by atoms with Gasteiger partial charge >= 0.3 is 0 Å². The molecule has 0 spiro atoms.